The molecule has 15 nitrogen and oxygen atoms in total. The van der Waals surface area contributed by atoms with Crippen molar-refractivity contribution in [3.05, 3.63) is 103 Å². The number of imidazole rings is 1. The fraction of sp³-hybridized carbons (Fsp3) is 0.208. The van der Waals surface area contributed by atoms with Gasteiger partial charge in [0.05, 0.1) is 30.7 Å². The molecule has 1 saturated heterocycles. The van der Waals surface area contributed by atoms with Crippen LogP contribution in [0.3, 0.4) is 0 Å². The lowest BCUT2D eigenvalue weighted by Crippen LogP contribution is -2.34. The number of nitrogens with zero attached hydrogens (tertiary/aromatic N) is 6. The number of benzene rings is 2. The van der Waals surface area contributed by atoms with Crippen LogP contribution < -0.4 is 14.4 Å². The van der Waals surface area contributed by atoms with Crippen LogP contribution >= 0.6 is 23.2 Å². The van der Waals surface area contributed by atoms with Crippen LogP contribution in [0.15, 0.2) is 67.4 Å². The summed E-state index contributed by atoms with van der Waals surface area (Å²) in [5.41, 5.74) is 0.820. The van der Waals surface area contributed by atoms with Crippen molar-refractivity contribution in [3.63, 3.8) is 0 Å². The molecule has 1 aliphatic rings. The van der Waals surface area contributed by atoms with Gasteiger partial charge >= 0.3 is 11.1 Å². The van der Waals surface area contributed by atoms with Gasteiger partial charge < -0.3 is 18.8 Å². The third-order valence-corrected chi connectivity index (χ3v) is 6.32. The third-order valence-electron chi connectivity index (χ3n) is 5.78. The smallest absolute Gasteiger partial charge is 0.309 e. The van der Waals surface area contributed by atoms with Gasteiger partial charge in [-0.25, -0.2) is 19.8 Å². The van der Waals surface area contributed by atoms with Gasteiger partial charge in [-0.1, -0.05) is 29.3 Å². The molecule has 212 valence electrons. The molecular formula is C24H18Cl2N6O9. The molecule has 1 fully saturated rings. The first-order valence-corrected chi connectivity index (χ1v) is 12.4. The molecule has 4 aromatic rings. The Bertz CT molecular complexity index is 1560. The van der Waals surface area contributed by atoms with Crippen molar-refractivity contribution in [2.45, 2.75) is 18.4 Å². The lowest BCUT2D eigenvalue weighted by molar-refractivity contribution is -0.713. The molecule has 0 saturated carbocycles. The van der Waals surface area contributed by atoms with Gasteiger partial charge in [-0.15, -0.1) is 20.2 Å². The fourth-order valence-electron chi connectivity index (χ4n) is 4.09. The van der Waals surface area contributed by atoms with E-state index in [1.54, 1.807) is 53.6 Å². The lowest BCUT2D eigenvalue weighted by Gasteiger charge is -2.30. The van der Waals surface area contributed by atoms with E-state index in [9.17, 15) is 20.2 Å². The Morgan fingerprint density at radius 1 is 1.10 bits per heavy atom. The molecule has 5 rings (SSSR count). The Morgan fingerprint density at radius 3 is 2.56 bits per heavy atom. The van der Waals surface area contributed by atoms with Crippen LogP contribution in [-0.2, 0) is 21.8 Å². The minimum Gasteiger partial charge on any atom is -0.491 e. The molecule has 0 N–H and O–H groups in total. The highest BCUT2D eigenvalue weighted by Crippen LogP contribution is 2.40. The highest BCUT2D eigenvalue weighted by atomic mass is 35.5. The van der Waals surface area contributed by atoms with Gasteiger partial charge in [-0.2, -0.15) is 0 Å². The SMILES string of the molecule is O=[N+]([O-])Oc1ncc(O[N+](=O)[O-])c(-c2ccc(OCC3COC(Cn4ccnc4)(c4ccc(Cl)cc4Cl)O3)cc2)n1. The zero-order valence-electron chi connectivity index (χ0n) is 20.7. The van der Waals surface area contributed by atoms with Crippen molar-refractivity contribution in [3.8, 4) is 28.8 Å². The molecular weight excluding hydrogens is 587 g/mol. The van der Waals surface area contributed by atoms with Gasteiger partial charge in [-0.3, -0.25) is 4.84 Å². The van der Waals surface area contributed by atoms with Crippen molar-refractivity contribution in [2.75, 3.05) is 13.2 Å². The summed E-state index contributed by atoms with van der Waals surface area (Å²) in [5, 5.41) is 20.2. The topological polar surface area (TPSA) is 176 Å². The number of halogens is 2. The van der Waals surface area contributed by atoms with E-state index in [1.807, 2.05) is 0 Å². The number of aromatic nitrogens is 4. The monoisotopic (exact) mass is 604 g/mol. The van der Waals surface area contributed by atoms with Crippen LogP contribution in [0.1, 0.15) is 5.56 Å². The van der Waals surface area contributed by atoms with E-state index in [2.05, 4.69) is 24.6 Å². The van der Waals surface area contributed by atoms with Crippen molar-refractivity contribution < 1.29 is 34.1 Å². The maximum Gasteiger partial charge on any atom is 0.309 e. The molecule has 0 bridgehead atoms. The van der Waals surface area contributed by atoms with Gasteiger partial charge in [0.25, 0.3) is 5.09 Å². The zero-order chi connectivity index (χ0) is 29.0. The van der Waals surface area contributed by atoms with Crippen molar-refractivity contribution in [2.24, 2.45) is 0 Å². The Balaban J connectivity index is 1.30. The predicted octanol–water partition coefficient (Wildman–Crippen LogP) is 4.14. The minimum absolute atomic E-state index is 0.100. The second-order valence-electron chi connectivity index (χ2n) is 8.49. The van der Waals surface area contributed by atoms with Crippen LogP contribution in [0, 0.1) is 20.2 Å². The van der Waals surface area contributed by atoms with E-state index < -0.39 is 28.1 Å². The highest BCUT2D eigenvalue weighted by molar-refractivity contribution is 6.35. The number of hydrogen-bond acceptors (Lipinski definition) is 12. The Labute approximate surface area is 240 Å². The summed E-state index contributed by atoms with van der Waals surface area (Å²) >= 11 is 12.6. The Hall–Kier alpha value is -4.57. The number of ether oxygens (including phenoxy) is 3. The van der Waals surface area contributed by atoms with Gasteiger partial charge in [-0.05, 0) is 36.4 Å². The number of hydrogen-bond donors (Lipinski definition) is 0. The Kier molecular flexibility index (Phi) is 8.11. The third kappa shape index (κ3) is 6.60. The van der Waals surface area contributed by atoms with Crippen LogP contribution in [0.25, 0.3) is 11.3 Å². The molecule has 1 aliphatic heterocycles. The van der Waals surface area contributed by atoms with Crippen LogP contribution in [0.5, 0.6) is 17.5 Å². The average Bonchev–Trinajstić information content (AvgIpc) is 3.59. The molecule has 17 heteroatoms. The van der Waals surface area contributed by atoms with E-state index >= 15 is 0 Å². The molecule has 3 heterocycles. The molecule has 2 atom stereocenters. The minimum atomic E-state index is -1.22. The molecule has 2 aromatic carbocycles. The van der Waals surface area contributed by atoms with Gasteiger partial charge in [0.1, 0.15) is 24.2 Å². The summed E-state index contributed by atoms with van der Waals surface area (Å²) in [6.07, 6.45) is 5.47. The second kappa shape index (κ2) is 11.9. The van der Waals surface area contributed by atoms with Crippen LogP contribution in [0.2, 0.25) is 10.0 Å². The first-order chi connectivity index (χ1) is 19.7. The van der Waals surface area contributed by atoms with Crippen LogP contribution in [-0.4, -0.2) is 49.0 Å². The molecule has 2 aromatic heterocycles. The summed E-state index contributed by atoms with van der Waals surface area (Å²) in [4.78, 5) is 41.7. The molecule has 2 unspecified atom stereocenters. The largest absolute Gasteiger partial charge is 0.491 e. The second-order valence-corrected chi connectivity index (χ2v) is 9.34. The average molecular weight is 605 g/mol. The summed E-state index contributed by atoms with van der Waals surface area (Å²) < 4.78 is 20.2. The molecule has 0 spiro atoms. The fourth-order valence-corrected chi connectivity index (χ4v) is 4.65. The van der Waals surface area contributed by atoms with E-state index in [0.29, 0.717) is 26.9 Å². The van der Waals surface area contributed by atoms with Crippen molar-refractivity contribution in [1.82, 2.24) is 19.5 Å². The molecule has 0 amide bonds. The molecule has 0 aliphatic carbocycles. The standard InChI is InChI=1S/C24H18Cl2N6O9/c25-16-3-6-19(20(26)9-16)24(13-30-8-7-27-14-30)38-12-18(39-24)11-37-17-4-1-15(2-5-17)22-21(40-31(33)34)10-28-23(29-22)41-32(35)36/h1-10,14,18H,11-13H2. The molecule has 0 radical (unpaired) electrons. The van der Waals surface area contributed by atoms with Crippen LogP contribution in [0.4, 0.5) is 0 Å². The quantitative estimate of drug-likeness (QED) is 0.177. The van der Waals surface area contributed by atoms with Gasteiger partial charge in [0.2, 0.25) is 5.79 Å². The predicted molar refractivity (Wildman–Crippen MR) is 139 cm³/mol. The van der Waals surface area contributed by atoms with E-state index in [-0.39, 0.29) is 31.2 Å². The summed E-state index contributed by atoms with van der Waals surface area (Å²) in [6, 6.07) is 10.6. The maximum absolute atomic E-state index is 10.9. The first-order valence-electron chi connectivity index (χ1n) is 11.7. The maximum atomic E-state index is 10.9. The van der Waals surface area contributed by atoms with Crippen molar-refractivity contribution in [1.29, 1.82) is 0 Å². The van der Waals surface area contributed by atoms with E-state index in [0.717, 1.165) is 6.20 Å². The van der Waals surface area contributed by atoms with E-state index in [4.69, 9.17) is 37.4 Å². The summed E-state index contributed by atoms with van der Waals surface area (Å²) in [6.45, 7) is 0.586. The number of rotatable bonds is 11. The van der Waals surface area contributed by atoms with Gasteiger partial charge in [0, 0.05) is 28.5 Å². The summed E-state index contributed by atoms with van der Waals surface area (Å²) in [7, 11) is 0. The molecule has 41 heavy (non-hydrogen) atoms. The van der Waals surface area contributed by atoms with Gasteiger partial charge in [0.15, 0.2) is 5.75 Å². The highest BCUT2D eigenvalue weighted by Gasteiger charge is 2.45. The first kappa shape index (κ1) is 28.0. The summed E-state index contributed by atoms with van der Waals surface area (Å²) in [5.74, 6) is -1.13. The lowest BCUT2D eigenvalue weighted by atomic mass is 10.1. The van der Waals surface area contributed by atoms with Crippen molar-refractivity contribution >= 4 is 23.2 Å². The van der Waals surface area contributed by atoms with E-state index in [1.165, 1.54) is 12.1 Å². The Morgan fingerprint density at radius 2 is 1.88 bits per heavy atom. The normalized spacial score (nSPS) is 18.1. The zero-order valence-corrected chi connectivity index (χ0v) is 22.2.